The van der Waals surface area contributed by atoms with Gasteiger partial charge >= 0.3 is 0 Å². The van der Waals surface area contributed by atoms with E-state index in [-0.39, 0.29) is 18.4 Å². The van der Waals surface area contributed by atoms with Crippen LogP contribution in [0.2, 0.25) is 0 Å². The highest BCUT2D eigenvalue weighted by Crippen LogP contribution is 2.18. The molecular formula is C18H21N5O3. The smallest absolute Gasteiger partial charge is 0.264 e. The number of nitrogens with one attached hydrogen (secondary N) is 1. The topological polar surface area (TPSA) is 89.4 Å². The normalized spacial score (nSPS) is 17.3. The molecular weight excluding hydrogens is 334 g/mol. The van der Waals surface area contributed by atoms with Gasteiger partial charge in [0, 0.05) is 24.9 Å². The van der Waals surface area contributed by atoms with E-state index in [1.165, 1.54) is 28.3 Å². The third-order valence-corrected chi connectivity index (χ3v) is 4.04. The summed E-state index contributed by atoms with van der Waals surface area (Å²) in [5, 5.41) is 5.61. The van der Waals surface area contributed by atoms with Crippen LogP contribution in [0.4, 0.5) is 0 Å². The number of hydrogen-bond acceptors (Lipinski definition) is 5. The summed E-state index contributed by atoms with van der Waals surface area (Å²) in [6.45, 7) is 4.38. The van der Waals surface area contributed by atoms with Crippen LogP contribution in [0.5, 0.6) is 0 Å². The van der Waals surface area contributed by atoms with Crippen molar-refractivity contribution < 1.29 is 14.3 Å². The van der Waals surface area contributed by atoms with Crippen LogP contribution >= 0.6 is 0 Å². The fourth-order valence-corrected chi connectivity index (χ4v) is 2.84. The Morgan fingerprint density at radius 2 is 2.04 bits per heavy atom. The number of rotatable bonds is 5. The van der Waals surface area contributed by atoms with Crippen LogP contribution in [0.3, 0.4) is 0 Å². The largest absolute Gasteiger partial charge is 0.379 e. The van der Waals surface area contributed by atoms with Crippen LogP contribution in [0, 0.1) is 13.8 Å². The Morgan fingerprint density at radius 1 is 1.31 bits per heavy atom. The summed E-state index contributed by atoms with van der Waals surface area (Å²) >= 11 is 0. The molecule has 1 aromatic heterocycles. The molecule has 2 amide bonds. The molecule has 3 rings (SSSR count). The van der Waals surface area contributed by atoms with Crippen LogP contribution in [-0.4, -0.2) is 51.3 Å². The molecule has 0 spiro atoms. The van der Waals surface area contributed by atoms with Gasteiger partial charge in [-0.15, -0.1) is 5.10 Å². The molecule has 1 aromatic carbocycles. The summed E-state index contributed by atoms with van der Waals surface area (Å²) in [4.78, 5) is 28.0. The van der Waals surface area contributed by atoms with E-state index >= 15 is 0 Å². The molecule has 1 N–H and O–H groups in total. The van der Waals surface area contributed by atoms with E-state index < -0.39 is 5.91 Å². The highest BCUT2D eigenvalue weighted by molar-refractivity contribution is 5.92. The molecule has 1 aliphatic rings. The van der Waals surface area contributed by atoms with Gasteiger partial charge < -0.3 is 4.74 Å². The van der Waals surface area contributed by atoms with Gasteiger partial charge in [-0.25, -0.2) is 9.67 Å². The maximum Gasteiger partial charge on any atom is 0.264 e. The highest BCUT2D eigenvalue weighted by atomic mass is 16.5. The summed E-state index contributed by atoms with van der Waals surface area (Å²) in [5.74, 6) is -0.00507. The van der Waals surface area contributed by atoms with Crippen LogP contribution < -0.4 is 5.43 Å². The van der Waals surface area contributed by atoms with E-state index in [0.29, 0.717) is 12.4 Å². The second kappa shape index (κ2) is 7.49. The summed E-state index contributed by atoms with van der Waals surface area (Å²) in [5.41, 5.74) is 5.73. The Hall–Kier alpha value is -3.00. The fraction of sp³-hybridized carbons (Fsp3) is 0.333. The average Bonchev–Trinajstić information content (AvgIpc) is 3.19. The van der Waals surface area contributed by atoms with Crippen molar-refractivity contribution in [1.82, 2.24) is 25.2 Å². The molecule has 1 saturated heterocycles. The predicted molar refractivity (Wildman–Crippen MR) is 95.5 cm³/mol. The van der Waals surface area contributed by atoms with Gasteiger partial charge in [-0.3, -0.25) is 20.0 Å². The van der Waals surface area contributed by atoms with Crippen LogP contribution in [0.1, 0.15) is 17.5 Å². The van der Waals surface area contributed by atoms with E-state index in [9.17, 15) is 9.59 Å². The third-order valence-electron chi connectivity index (χ3n) is 4.04. The molecule has 1 aliphatic heterocycles. The third kappa shape index (κ3) is 4.15. The number of nitrogens with zero attached hydrogens (tertiary/aromatic N) is 4. The van der Waals surface area contributed by atoms with Crippen LogP contribution in [0.15, 0.2) is 30.6 Å². The van der Waals surface area contributed by atoms with Crippen LogP contribution in [-0.2, 0) is 14.3 Å². The van der Waals surface area contributed by atoms with Crippen molar-refractivity contribution in [2.45, 2.75) is 26.4 Å². The minimum atomic E-state index is -0.418. The summed E-state index contributed by atoms with van der Waals surface area (Å²) in [6, 6.07) is 6.10. The Morgan fingerprint density at radius 3 is 2.69 bits per heavy atom. The van der Waals surface area contributed by atoms with Gasteiger partial charge in [0.2, 0.25) is 5.91 Å². The van der Waals surface area contributed by atoms with Crippen molar-refractivity contribution in [3.05, 3.63) is 41.7 Å². The molecule has 0 aliphatic carbocycles. The van der Waals surface area contributed by atoms with Crippen molar-refractivity contribution in [1.29, 1.82) is 0 Å². The zero-order valence-electron chi connectivity index (χ0n) is 15.0. The average molecular weight is 355 g/mol. The van der Waals surface area contributed by atoms with E-state index in [2.05, 4.69) is 21.6 Å². The number of methoxy groups -OCH3 is 1. The molecule has 8 heteroatoms. The Kier molecular flexibility index (Phi) is 5.13. The number of carbonyl (C=O) groups is 2. The molecule has 26 heavy (non-hydrogen) atoms. The number of hydrogen-bond donors (Lipinski definition) is 1. The number of carbonyl (C=O) groups excluding carboxylic acids is 2. The van der Waals surface area contributed by atoms with Crippen molar-refractivity contribution in [2.24, 2.45) is 0 Å². The molecule has 0 bridgehead atoms. The molecule has 136 valence electrons. The Balaban J connectivity index is 1.63. The number of amides is 2. The first-order chi connectivity index (χ1) is 12.4. The molecule has 1 unspecified atom stereocenters. The number of aryl methyl sites for hydroxylation is 2. The lowest BCUT2D eigenvalue weighted by molar-refractivity contribution is -0.136. The van der Waals surface area contributed by atoms with Gasteiger partial charge in [0.15, 0.2) is 5.82 Å². The number of aromatic nitrogens is 3. The standard InChI is InChI=1S/C18H21N5O3/c1-12-6-13(2)8-14(7-12)18-19-11-22(21-18)5-4-16(24)20-23-10-15(26-3)9-17(23)25/h4-8,11,15H,9-10H2,1-3H3,(H,20,24)/b5-4-. The van der Waals surface area contributed by atoms with E-state index in [0.717, 1.165) is 16.7 Å². The lowest BCUT2D eigenvalue weighted by Crippen LogP contribution is -2.42. The zero-order valence-corrected chi connectivity index (χ0v) is 15.0. The molecule has 8 nitrogen and oxygen atoms in total. The molecule has 2 heterocycles. The van der Waals surface area contributed by atoms with Gasteiger partial charge in [-0.1, -0.05) is 17.2 Å². The van der Waals surface area contributed by atoms with Crippen molar-refractivity contribution in [2.75, 3.05) is 13.7 Å². The summed E-state index contributed by atoms with van der Waals surface area (Å²) < 4.78 is 6.58. The fourth-order valence-electron chi connectivity index (χ4n) is 2.84. The molecule has 0 saturated carbocycles. The van der Waals surface area contributed by atoms with Gasteiger partial charge in [0.25, 0.3) is 5.91 Å². The van der Waals surface area contributed by atoms with Crippen LogP contribution in [0.25, 0.3) is 17.6 Å². The molecule has 1 fully saturated rings. The SMILES string of the molecule is COC1CC(=O)N(NC(=O)/C=C\n2cnc(-c3cc(C)cc(C)c3)n2)C1. The first kappa shape index (κ1) is 17.8. The van der Waals surface area contributed by atoms with Crippen molar-refractivity contribution >= 4 is 18.0 Å². The Labute approximate surface area is 151 Å². The lowest BCUT2D eigenvalue weighted by atomic mass is 10.1. The summed E-state index contributed by atoms with van der Waals surface area (Å²) in [6.07, 6.45) is 4.39. The summed E-state index contributed by atoms with van der Waals surface area (Å²) in [7, 11) is 1.54. The van der Waals surface area contributed by atoms with Crippen molar-refractivity contribution in [3.63, 3.8) is 0 Å². The van der Waals surface area contributed by atoms with Gasteiger partial charge in [-0.2, -0.15) is 0 Å². The quantitative estimate of drug-likeness (QED) is 0.817. The molecule has 1 atom stereocenters. The minimum absolute atomic E-state index is 0.170. The predicted octanol–water partition coefficient (Wildman–Crippen LogP) is 1.31. The number of benzene rings is 1. The number of hydrazine groups is 1. The first-order valence-electron chi connectivity index (χ1n) is 8.26. The van der Waals surface area contributed by atoms with E-state index in [1.807, 2.05) is 26.0 Å². The highest BCUT2D eigenvalue weighted by Gasteiger charge is 2.30. The maximum atomic E-state index is 12.0. The first-order valence-corrected chi connectivity index (χ1v) is 8.26. The second-order valence-electron chi connectivity index (χ2n) is 6.28. The molecule has 0 radical (unpaired) electrons. The van der Waals surface area contributed by atoms with Gasteiger partial charge in [-0.05, 0) is 26.0 Å². The minimum Gasteiger partial charge on any atom is -0.379 e. The maximum absolute atomic E-state index is 12.0. The number of ether oxygens (including phenoxy) is 1. The monoisotopic (exact) mass is 355 g/mol. The van der Waals surface area contributed by atoms with Gasteiger partial charge in [0.1, 0.15) is 6.33 Å². The van der Waals surface area contributed by atoms with E-state index in [4.69, 9.17) is 4.74 Å². The Bertz CT molecular complexity index is 838. The van der Waals surface area contributed by atoms with Crippen molar-refractivity contribution in [3.8, 4) is 11.4 Å². The lowest BCUT2D eigenvalue weighted by Gasteiger charge is -2.15. The second-order valence-corrected chi connectivity index (χ2v) is 6.28. The van der Waals surface area contributed by atoms with Gasteiger partial charge in [0.05, 0.1) is 19.1 Å². The zero-order chi connectivity index (χ0) is 18.7. The molecule has 2 aromatic rings. The van der Waals surface area contributed by atoms with E-state index in [1.54, 1.807) is 7.11 Å².